The highest BCUT2D eigenvalue weighted by molar-refractivity contribution is 5.85. The molecular formula is C18H28Cl2F2N2O4. The number of halogens is 4. The summed E-state index contributed by atoms with van der Waals surface area (Å²) >= 11 is 0. The van der Waals surface area contributed by atoms with Gasteiger partial charge in [0.25, 0.3) is 5.91 Å². The van der Waals surface area contributed by atoms with Crippen LogP contribution >= 0.6 is 24.8 Å². The van der Waals surface area contributed by atoms with Crippen molar-refractivity contribution in [2.24, 2.45) is 5.73 Å². The third kappa shape index (κ3) is 5.90. The highest BCUT2D eigenvalue weighted by Crippen LogP contribution is 2.33. The number of benzene rings is 1. The second-order valence-electron chi connectivity index (χ2n) is 6.59. The van der Waals surface area contributed by atoms with Crippen LogP contribution in [0.25, 0.3) is 0 Å². The number of carbonyl (C=O) groups is 1. The number of primary amides is 1. The lowest BCUT2D eigenvalue weighted by molar-refractivity contribution is -0.130. The van der Waals surface area contributed by atoms with Gasteiger partial charge in [0.1, 0.15) is 11.4 Å². The van der Waals surface area contributed by atoms with Crippen molar-refractivity contribution in [2.45, 2.75) is 50.9 Å². The zero-order valence-corrected chi connectivity index (χ0v) is 17.5. The molecule has 1 saturated heterocycles. The quantitative estimate of drug-likeness (QED) is 0.572. The molecule has 0 spiro atoms. The predicted molar refractivity (Wildman–Crippen MR) is 106 cm³/mol. The topological polar surface area (TPSA) is 93.8 Å². The van der Waals surface area contributed by atoms with E-state index in [1.54, 1.807) is 13.8 Å². The maximum absolute atomic E-state index is 14.9. The summed E-state index contributed by atoms with van der Waals surface area (Å²) < 4.78 is 40.0. The minimum Gasteiger partial charge on any atom is -0.480 e. The van der Waals surface area contributed by atoms with Gasteiger partial charge in [-0.05, 0) is 45.4 Å². The molecule has 0 aromatic heterocycles. The van der Waals surface area contributed by atoms with Gasteiger partial charge in [0, 0.05) is 12.6 Å². The van der Waals surface area contributed by atoms with E-state index in [1.165, 1.54) is 0 Å². The van der Waals surface area contributed by atoms with Crippen LogP contribution in [0.3, 0.4) is 0 Å². The van der Waals surface area contributed by atoms with Gasteiger partial charge in [-0.15, -0.1) is 24.8 Å². The molecule has 4 N–H and O–H groups in total. The van der Waals surface area contributed by atoms with Gasteiger partial charge >= 0.3 is 0 Å². The summed E-state index contributed by atoms with van der Waals surface area (Å²) in [6, 6.07) is 1.94. The van der Waals surface area contributed by atoms with E-state index in [0.29, 0.717) is 0 Å². The zero-order valence-electron chi connectivity index (χ0n) is 15.9. The highest BCUT2D eigenvalue weighted by atomic mass is 35.5. The summed E-state index contributed by atoms with van der Waals surface area (Å²) in [5.74, 6) is -3.27. The molecule has 1 aliphatic rings. The maximum atomic E-state index is 14.9. The van der Waals surface area contributed by atoms with Crippen molar-refractivity contribution >= 4 is 30.7 Å². The Bertz CT molecular complexity index is 648. The normalized spacial score (nSPS) is 19.5. The number of carbonyl (C=O) groups excluding carboxylic acids is 1. The fourth-order valence-electron chi connectivity index (χ4n) is 3.18. The van der Waals surface area contributed by atoms with Gasteiger partial charge < -0.3 is 25.6 Å². The van der Waals surface area contributed by atoms with Crippen LogP contribution in [0.5, 0.6) is 5.75 Å². The van der Waals surface area contributed by atoms with E-state index in [0.717, 1.165) is 37.9 Å². The monoisotopic (exact) mass is 444 g/mol. The summed E-state index contributed by atoms with van der Waals surface area (Å²) in [7, 11) is 0. The van der Waals surface area contributed by atoms with Gasteiger partial charge in [-0.3, -0.25) is 4.79 Å². The number of hydrogen-bond donors (Lipinski definition) is 3. The first-order chi connectivity index (χ1) is 12.3. The Balaban J connectivity index is 0.00000364. The van der Waals surface area contributed by atoms with E-state index < -0.39 is 34.8 Å². The highest BCUT2D eigenvalue weighted by Gasteiger charge is 2.38. The Kier molecular flexibility index (Phi) is 11.2. The average Bonchev–Trinajstić information content (AvgIpc) is 2.64. The average molecular weight is 445 g/mol. The molecule has 3 atom stereocenters. The fraction of sp³-hybridized carbons (Fsp3) is 0.611. The van der Waals surface area contributed by atoms with Crippen LogP contribution < -0.4 is 15.8 Å². The lowest BCUT2D eigenvalue weighted by atomic mass is 9.89. The van der Waals surface area contributed by atoms with Gasteiger partial charge in [-0.1, -0.05) is 6.42 Å². The largest absolute Gasteiger partial charge is 0.480 e. The number of aliphatic hydroxyl groups excluding tert-OH is 1. The molecule has 0 bridgehead atoms. The number of ether oxygens (including phenoxy) is 2. The van der Waals surface area contributed by atoms with E-state index in [9.17, 15) is 18.7 Å². The molecule has 3 unspecified atom stereocenters. The smallest absolute Gasteiger partial charge is 0.251 e. The van der Waals surface area contributed by atoms with E-state index in [1.807, 2.05) is 0 Å². The lowest BCUT2D eigenvalue weighted by Gasteiger charge is -2.39. The molecule has 6 nitrogen and oxygen atoms in total. The van der Waals surface area contributed by atoms with Crippen molar-refractivity contribution < 1.29 is 28.2 Å². The van der Waals surface area contributed by atoms with E-state index >= 15 is 0 Å². The number of piperidine rings is 1. The van der Waals surface area contributed by atoms with E-state index in [2.05, 4.69) is 5.32 Å². The van der Waals surface area contributed by atoms with Crippen LogP contribution in [0.4, 0.5) is 8.78 Å². The molecule has 2 rings (SSSR count). The molecular weight excluding hydrogens is 417 g/mol. The van der Waals surface area contributed by atoms with Gasteiger partial charge in [0.05, 0.1) is 12.2 Å². The van der Waals surface area contributed by atoms with E-state index in [4.69, 9.17) is 15.2 Å². The number of nitrogens with one attached hydrogen (secondary N) is 1. The molecule has 1 heterocycles. The predicted octanol–water partition coefficient (Wildman–Crippen LogP) is 2.64. The minimum absolute atomic E-state index is 0. The van der Waals surface area contributed by atoms with Crippen LogP contribution in [0.2, 0.25) is 0 Å². The lowest BCUT2D eigenvalue weighted by Crippen LogP contribution is -2.56. The molecule has 0 aliphatic carbocycles. The van der Waals surface area contributed by atoms with Crippen molar-refractivity contribution in [2.75, 3.05) is 19.8 Å². The van der Waals surface area contributed by atoms with Crippen molar-refractivity contribution in [3.05, 3.63) is 29.3 Å². The van der Waals surface area contributed by atoms with Crippen LogP contribution in [0.15, 0.2) is 12.1 Å². The SMILES string of the molecule is CCOC(C(N)=O)c1c(F)ccc(OC(C)(CO)C2CCCCN2)c1F.Cl.Cl. The fourth-order valence-corrected chi connectivity index (χ4v) is 3.18. The molecule has 0 saturated carbocycles. The van der Waals surface area contributed by atoms with E-state index in [-0.39, 0.29) is 49.8 Å². The first-order valence-electron chi connectivity index (χ1n) is 8.76. The summed E-state index contributed by atoms with van der Waals surface area (Å²) in [6.07, 6.45) is 1.18. The number of amides is 1. The second-order valence-corrected chi connectivity index (χ2v) is 6.59. The molecule has 28 heavy (non-hydrogen) atoms. The van der Waals surface area contributed by atoms with Crippen LogP contribution in [-0.4, -0.2) is 42.4 Å². The summed E-state index contributed by atoms with van der Waals surface area (Å²) in [6.45, 7) is 3.71. The third-order valence-corrected chi connectivity index (χ3v) is 4.65. The standard InChI is InChI=1S/C18H26F2N2O4.2ClH/c1-3-25-16(17(21)24)14-11(19)7-8-12(15(14)20)26-18(2,10-23)13-6-4-5-9-22-13;;/h7-8,13,16,22-23H,3-6,9-10H2,1-2H3,(H2,21,24);2*1H. The Morgan fingerprint density at radius 3 is 2.57 bits per heavy atom. The van der Waals surface area contributed by atoms with Crippen molar-refractivity contribution in [3.63, 3.8) is 0 Å². The molecule has 1 amide bonds. The summed E-state index contributed by atoms with van der Waals surface area (Å²) in [5.41, 5.74) is 3.53. The van der Waals surface area contributed by atoms with Crippen LogP contribution in [0, 0.1) is 11.6 Å². The minimum atomic E-state index is -1.56. The number of nitrogens with two attached hydrogens (primary N) is 1. The molecule has 1 aromatic carbocycles. The van der Waals surface area contributed by atoms with Gasteiger partial charge in [0.2, 0.25) is 0 Å². The first-order valence-corrected chi connectivity index (χ1v) is 8.76. The second kappa shape index (κ2) is 11.7. The van der Waals surface area contributed by atoms with Gasteiger partial charge in [-0.2, -0.15) is 0 Å². The molecule has 1 fully saturated rings. The summed E-state index contributed by atoms with van der Waals surface area (Å²) in [4.78, 5) is 11.6. The molecule has 1 aromatic rings. The van der Waals surface area contributed by atoms with Crippen molar-refractivity contribution in [1.82, 2.24) is 5.32 Å². The molecule has 1 aliphatic heterocycles. The summed E-state index contributed by atoms with van der Waals surface area (Å²) in [5, 5.41) is 13.1. The molecule has 0 radical (unpaired) electrons. The third-order valence-electron chi connectivity index (χ3n) is 4.65. The molecule has 10 heteroatoms. The first kappa shape index (κ1) is 26.8. The van der Waals surface area contributed by atoms with Crippen molar-refractivity contribution in [3.8, 4) is 5.75 Å². The number of rotatable bonds is 8. The van der Waals surface area contributed by atoms with Gasteiger partial charge in [0.15, 0.2) is 17.7 Å². The van der Waals surface area contributed by atoms with Crippen LogP contribution in [0.1, 0.15) is 44.8 Å². The van der Waals surface area contributed by atoms with Gasteiger partial charge in [-0.25, -0.2) is 8.78 Å². The Hall–Kier alpha value is -1.19. The van der Waals surface area contributed by atoms with Crippen LogP contribution in [-0.2, 0) is 9.53 Å². The Morgan fingerprint density at radius 1 is 1.39 bits per heavy atom. The molecule has 162 valence electrons. The Morgan fingerprint density at radius 2 is 2.07 bits per heavy atom. The Labute approximate surface area is 176 Å². The maximum Gasteiger partial charge on any atom is 0.251 e. The number of hydrogen-bond acceptors (Lipinski definition) is 5. The van der Waals surface area contributed by atoms with Crippen molar-refractivity contribution in [1.29, 1.82) is 0 Å². The number of aliphatic hydroxyl groups is 1. The zero-order chi connectivity index (χ0) is 19.3.